The highest BCUT2D eigenvalue weighted by Crippen LogP contribution is 2.47. The number of benzene rings is 1. The van der Waals surface area contributed by atoms with Gasteiger partial charge in [0.05, 0.1) is 16.7 Å². The number of nitrogens with zero attached hydrogens (tertiary/aromatic N) is 3. The van der Waals surface area contributed by atoms with Gasteiger partial charge in [-0.15, -0.1) is 11.8 Å². The lowest BCUT2D eigenvalue weighted by Crippen LogP contribution is -2.15. The minimum atomic E-state index is -0.129. The van der Waals surface area contributed by atoms with E-state index < -0.39 is 0 Å². The maximum atomic E-state index is 12.2. The fraction of sp³-hybridized carbons (Fsp3) is 0.167. The largest absolute Gasteiger partial charge is 0.310 e. The number of carbonyl (C=O) groups excluding carboxylic acids is 1. The van der Waals surface area contributed by atoms with E-state index in [4.69, 9.17) is 11.6 Å². The van der Waals surface area contributed by atoms with Crippen molar-refractivity contribution in [3.63, 3.8) is 0 Å². The van der Waals surface area contributed by atoms with Crippen LogP contribution in [0.1, 0.15) is 16.4 Å². The molecule has 1 atom stereocenters. The molecule has 0 fully saturated rings. The molecule has 0 radical (unpaired) electrons. The maximum Gasteiger partial charge on any atom is 0.235 e. The molecule has 4 rings (SSSR count). The van der Waals surface area contributed by atoms with E-state index in [1.54, 1.807) is 10.9 Å². The van der Waals surface area contributed by atoms with Crippen LogP contribution in [0.25, 0.3) is 11.4 Å². The molecule has 1 unspecified atom stereocenters. The van der Waals surface area contributed by atoms with E-state index in [-0.39, 0.29) is 11.2 Å². The molecular formula is C18H14BrClN4OS. The molecule has 2 aromatic heterocycles. The maximum absolute atomic E-state index is 12.2. The number of rotatable bonds is 2. The van der Waals surface area contributed by atoms with Gasteiger partial charge in [-0.05, 0) is 29.8 Å². The van der Waals surface area contributed by atoms with Crippen LogP contribution in [0.4, 0.5) is 5.82 Å². The van der Waals surface area contributed by atoms with E-state index in [1.807, 2.05) is 43.4 Å². The van der Waals surface area contributed by atoms with Gasteiger partial charge in [-0.25, -0.2) is 0 Å². The predicted molar refractivity (Wildman–Crippen MR) is 109 cm³/mol. The highest BCUT2D eigenvalue weighted by Gasteiger charge is 2.32. The van der Waals surface area contributed by atoms with Crippen molar-refractivity contribution in [3.8, 4) is 11.4 Å². The van der Waals surface area contributed by atoms with Crippen LogP contribution < -0.4 is 5.32 Å². The Bertz CT molecular complexity index is 992. The van der Waals surface area contributed by atoms with Gasteiger partial charge in [-0.1, -0.05) is 39.7 Å². The standard InChI is InChI=1S/C18H14BrClN4OS/c1-24-18-15(16(23-24)13-4-2-3-7-21-13)17(26-9-14(25)22-18)11-6-5-10(19)8-12(11)20/h2-8,17H,9H2,1H3,(H,22,25). The van der Waals surface area contributed by atoms with Gasteiger partial charge in [0.15, 0.2) is 0 Å². The Morgan fingerprint density at radius 3 is 2.92 bits per heavy atom. The highest BCUT2D eigenvalue weighted by molar-refractivity contribution is 9.10. The fourth-order valence-corrected chi connectivity index (χ4v) is 5.01. The summed E-state index contributed by atoms with van der Waals surface area (Å²) < 4.78 is 2.61. The normalized spacial score (nSPS) is 16.7. The first-order valence-electron chi connectivity index (χ1n) is 7.89. The quantitative estimate of drug-likeness (QED) is 0.617. The smallest absolute Gasteiger partial charge is 0.235 e. The van der Waals surface area contributed by atoms with Crippen LogP contribution in [-0.4, -0.2) is 26.4 Å². The first-order valence-corrected chi connectivity index (χ1v) is 10.1. The number of thioether (sulfide) groups is 1. The number of hydrogen-bond donors (Lipinski definition) is 1. The van der Waals surface area contributed by atoms with Crippen LogP contribution >= 0.6 is 39.3 Å². The summed E-state index contributed by atoms with van der Waals surface area (Å²) in [4.78, 5) is 16.7. The number of aromatic nitrogens is 3. The van der Waals surface area contributed by atoms with Crippen molar-refractivity contribution in [1.29, 1.82) is 0 Å². The number of halogens is 2. The summed E-state index contributed by atoms with van der Waals surface area (Å²) in [5.74, 6) is 0.972. The number of pyridine rings is 1. The van der Waals surface area contributed by atoms with Crippen LogP contribution in [0, 0.1) is 0 Å². The molecule has 3 heterocycles. The van der Waals surface area contributed by atoms with Crippen molar-refractivity contribution in [2.24, 2.45) is 7.05 Å². The number of aryl methyl sites for hydroxylation is 1. The summed E-state index contributed by atoms with van der Waals surface area (Å²) in [6.45, 7) is 0. The molecule has 1 amide bonds. The SMILES string of the molecule is Cn1nc(-c2ccccn2)c2c1NC(=O)CSC2c1ccc(Br)cc1Cl. The van der Waals surface area contributed by atoms with E-state index in [9.17, 15) is 4.79 Å². The van der Waals surface area contributed by atoms with Crippen molar-refractivity contribution in [1.82, 2.24) is 14.8 Å². The summed E-state index contributed by atoms with van der Waals surface area (Å²) in [5, 5.41) is 8.12. The Morgan fingerprint density at radius 2 is 2.19 bits per heavy atom. The number of amides is 1. The molecular weight excluding hydrogens is 436 g/mol. The van der Waals surface area contributed by atoms with Crippen LogP contribution in [0.3, 0.4) is 0 Å². The summed E-state index contributed by atoms with van der Waals surface area (Å²) in [5.41, 5.74) is 3.38. The van der Waals surface area contributed by atoms with Crippen molar-refractivity contribution >= 4 is 51.0 Å². The average molecular weight is 450 g/mol. The van der Waals surface area contributed by atoms with Crippen molar-refractivity contribution < 1.29 is 4.79 Å². The third-order valence-corrected chi connectivity index (χ3v) is 6.21. The lowest BCUT2D eigenvalue weighted by Gasteiger charge is -2.17. The molecule has 5 nitrogen and oxygen atoms in total. The summed E-state index contributed by atoms with van der Waals surface area (Å²) in [6, 6.07) is 11.5. The zero-order valence-electron chi connectivity index (χ0n) is 13.7. The molecule has 132 valence electrons. The zero-order chi connectivity index (χ0) is 18.3. The number of carbonyl (C=O) groups is 1. The Hall–Kier alpha value is -1.83. The molecule has 3 aromatic rings. The molecule has 26 heavy (non-hydrogen) atoms. The Labute approximate surface area is 168 Å². The summed E-state index contributed by atoms with van der Waals surface area (Å²) in [7, 11) is 1.82. The Morgan fingerprint density at radius 1 is 1.35 bits per heavy atom. The lowest BCUT2D eigenvalue weighted by molar-refractivity contribution is -0.113. The second kappa shape index (κ2) is 7.06. The van der Waals surface area contributed by atoms with E-state index in [1.165, 1.54) is 11.8 Å². The van der Waals surface area contributed by atoms with Crippen molar-refractivity contribution in [2.75, 3.05) is 11.1 Å². The summed E-state index contributed by atoms with van der Waals surface area (Å²) >= 11 is 11.5. The number of hydrogen-bond acceptors (Lipinski definition) is 4. The molecule has 0 saturated carbocycles. The molecule has 0 bridgehead atoms. The molecule has 8 heteroatoms. The van der Waals surface area contributed by atoms with E-state index in [0.717, 1.165) is 27.0 Å². The minimum Gasteiger partial charge on any atom is -0.310 e. The Balaban J connectivity index is 1.95. The third kappa shape index (κ3) is 3.15. The van der Waals surface area contributed by atoms with Crippen LogP contribution in [0.5, 0.6) is 0 Å². The Kier molecular flexibility index (Phi) is 4.77. The molecule has 1 aliphatic rings. The molecule has 1 aromatic carbocycles. The van der Waals surface area contributed by atoms with Crippen LogP contribution in [0.15, 0.2) is 47.1 Å². The molecule has 0 aliphatic carbocycles. The highest BCUT2D eigenvalue weighted by atomic mass is 79.9. The zero-order valence-corrected chi connectivity index (χ0v) is 16.9. The number of fused-ring (bicyclic) bond motifs is 1. The topological polar surface area (TPSA) is 59.8 Å². The number of nitrogens with one attached hydrogen (secondary N) is 1. The second-order valence-corrected chi connectivity index (χ2v) is 8.27. The second-order valence-electron chi connectivity index (χ2n) is 5.85. The van der Waals surface area contributed by atoms with Gasteiger partial charge in [0, 0.05) is 28.3 Å². The fourth-order valence-electron chi connectivity index (χ4n) is 3.00. The number of anilines is 1. The van der Waals surface area contributed by atoms with Gasteiger partial charge < -0.3 is 5.32 Å². The van der Waals surface area contributed by atoms with Gasteiger partial charge in [-0.2, -0.15) is 5.10 Å². The first-order chi connectivity index (χ1) is 12.5. The van der Waals surface area contributed by atoms with E-state index in [0.29, 0.717) is 16.6 Å². The lowest BCUT2D eigenvalue weighted by atomic mass is 10.0. The van der Waals surface area contributed by atoms with Crippen molar-refractivity contribution in [3.05, 3.63) is 63.2 Å². The van der Waals surface area contributed by atoms with Gasteiger partial charge in [0.25, 0.3) is 0 Å². The molecule has 1 N–H and O–H groups in total. The minimum absolute atomic E-state index is 0.0532. The van der Waals surface area contributed by atoms with Crippen LogP contribution in [0.2, 0.25) is 5.02 Å². The van der Waals surface area contributed by atoms with E-state index >= 15 is 0 Å². The van der Waals surface area contributed by atoms with Gasteiger partial charge >= 0.3 is 0 Å². The van der Waals surface area contributed by atoms with Gasteiger partial charge in [0.1, 0.15) is 11.5 Å². The van der Waals surface area contributed by atoms with Crippen molar-refractivity contribution in [2.45, 2.75) is 5.25 Å². The molecule has 1 aliphatic heterocycles. The van der Waals surface area contributed by atoms with Gasteiger partial charge in [-0.3, -0.25) is 14.5 Å². The van der Waals surface area contributed by atoms with E-state index in [2.05, 4.69) is 31.3 Å². The summed E-state index contributed by atoms with van der Waals surface area (Å²) in [6.07, 6.45) is 1.74. The monoisotopic (exact) mass is 448 g/mol. The molecule has 0 saturated heterocycles. The first kappa shape index (κ1) is 17.6. The average Bonchev–Trinajstić information content (AvgIpc) is 2.83. The predicted octanol–water partition coefficient (Wildman–Crippen LogP) is 4.67. The van der Waals surface area contributed by atoms with Crippen LogP contribution in [-0.2, 0) is 11.8 Å². The molecule has 0 spiro atoms. The van der Waals surface area contributed by atoms with Gasteiger partial charge in [0.2, 0.25) is 5.91 Å². The third-order valence-electron chi connectivity index (χ3n) is 4.14.